The van der Waals surface area contributed by atoms with Gasteiger partial charge < -0.3 is 14.2 Å². The van der Waals surface area contributed by atoms with Gasteiger partial charge in [-0.2, -0.15) is 0 Å². The molecule has 2 atom stereocenters. The van der Waals surface area contributed by atoms with Crippen LogP contribution < -0.4 is 4.74 Å². The van der Waals surface area contributed by atoms with E-state index in [0.29, 0.717) is 5.75 Å². The number of rotatable bonds is 5. The van der Waals surface area contributed by atoms with Gasteiger partial charge in [-0.05, 0) is 43.5 Å². The molecule has 2 aliphatic heterocycles. The zero-order valence-corrected chi connectivity index (χ0v) is 14.9. The smallest absolute Gasteiger partial charge is 0.261 e. The Balaban J connectivity index is 1.46. The van der Waals surface area contributed by atoms with Crippen molar-refractivity contribution in [2.75, 3.05) is 6.61 Å². The molecule has 1 aromatic carbocycles. The molecule has 138 valence electrons. The van der Waals surface area contributed by atoms with Crippen molar-refractivity contribution in [2.45, 2.75) is 57.7 Å². The zero-order chi connectivity index (χ0) is 18.1. The molecule has 1 aromatic heterocycles. The summed E-state index contributed by atoms with van der Waals surface area (Å²) in [5.41, 5.74) is 0. The number of nitrogens with zero attached hydrogens (tertiary/aromatic N) is 4. The van der Waals surface area contributed by atoms with Crippen molar-refractivity contribution in [1.82, 2.24) is 19.7 Å². The number of carbonyl (C=O) groups excluding carboxylic acids is 1. The minimum Gasteiger partial charge on any atom is -0.484 e. The first kappa shape index (κ1) is 17.0. The van der Waals surface area contributed by atoms with Crippen molar-refractivity contribution >= 4 is 5.91 Å². The molecule has 1 fully saturated rings. The number of carbonyl (C=O) groups is 1. The van der Waals surface area contributed by atoms with Crippen molar-refractivity contribution in [3.63, 3.8) is 0 Å². The summed E-state index contributed by atoms with van der Waals surface area (Å²) in [5.74, 6) is 2.17. The number of fused-ring (bicyclic) bond motifs is 3. The molecule has 7 heteroatoms. The van der Waals surface area contributed by atoms with Crippen LogP contribution >= 0.6 is 0 Å². The van der Waals surface area contributed by atoms with Gasteiger partial charge in [0, 0.05) is 25.4 Å². The minimum atomic E-state index is -0.319. The van der Waals surface area contributed by atoms with E-state index in [9.17, 15) is 9.18 Å². The summed E-state index contributed by atoms with van der Waals surface area (Å²) in [6.07, 6.45) is 4.67. The van der Waals surface area contributed by atoms with Gasteiger partial charge in [-0.15, -0.1) is 10.2 Å². The van der Waals surface area contributed by atoms with Crippen LogP contribution in [-0.2, 0) is 24.2 Å². The molecule has 6 nitrogen and oxygen atoms in total. The monoisotopic (exact) mass is 358 g/mol. The van der Waals surface area contributed by atoms with Gasteiger partial charge in [0.15, 0.2) is 6.61 Å². The summed E-state index contributed by atoms with van der Waals surface area (Å²) < 4.78 is 20.7. The number of ether oxygens (including phenoxy) is 1. The quantitative estimate of drug-likeness (QED) is 0.823. The van der Waals surface area contributed by atoms with E-state index in [1.807, 2.05) is 4.90 Å². The summed E-state index contributed by atoms with van der Waals surface area (Å²) in [5, 5.41) is 8.69. The van der Waals surface area contributed by atoms with Crippen LogP contribution in [0.3, 0.4) is 0 Å². The maximum atomic E-state index is 13.0. The highest BCUT2D eigenvalue weighted by atomic mass is 19.1. The van der Waals surface area contributed by atoms with Crippen molar-refractivity contribution in [1.29, 1.82) is 0 Å². The highest BCUT2D eigenvalue weighted by molar-refractivity contribution is 5.79. The summed E-state index contributed by atoms with van der Waals surface area (Å²) >= 11 is 0. The van der Waals surface area contributed by atoms with Crippen molar-refractivity contribution in [3.8, 4) is 5.75 Å². The van der Waals surface area contributed by atoms with Gasteiger partial charge in [-0.1, -0.05) is 6.92 Å². The molecule has 2 bridgehead atoms. The van der Waals surface area contributed by atoms with Crippen molar-refractivity contribution in [2.24, 2.45) is 0 Å². The summed E-state index contributed by atoms with van der Waals surface area (Å²) in [6.45, 7) is 2.87. The lowest BCUT2D eigenvalue weighted by atomic mass is 10.1. The molecule has 1 amide bonds. The lowest BCUT2D eigenvalue weighted by Crippen LogP contribution is -2.44. The third kappa shape index (κ3) is 3.18. The Morgan fingerprint density at radius 1 is 1.23 bits per heavy atom. The predicted molar refractivity (Wildman–Crippen MR) is 93.3 cm³/mol. The Hall–Kier alpha value is -2.44. The van der Waals surface area contributed by atoms with Gasteiger partial charge in [0.05, 0.1) is 6.04 Å². The number of benzene rings is 1. The van der Waals surface area contributed by atoms with Crippen LogP contribution in [-0.4, -0.2) is 44.3 Å². The molecule has 1 saturated heterocycles. The normalized spacial score (nSPS) is 21.4. The van der Waals surface area contributed by atoms with Crippen LogP contribution in [0.15, 0.2) is 24.3 Å². The molecule has 0 saturated carbocycles. The second-order valence-electron chi connectivity index (χ2n) is 7.03. The predicted octanol–water partition coefficient (Wildman–Crippen LogP) is 2.36. The Labute approximate surface area is 152 Å². The maximum Gasteiger partial charge on any atom is 0.261 e. The second kappa shape index (κ2) is 7.05. The number of amides is 1. The third-order valence-corrected chi connectivity index (χ3v) is 5.27. The fourth-order valence-corrected chi connectivity index (χ4v) is 4.06. The highest BCUT2D eigenvalue weighted by Crippen LogP contribution is 2.31. The molecule has 0 radical (unpaired) electrons. The van der Waals surface area contributed by atoms with E-state index in [1.54, 1.807) is 0 Å². The highest BCUT2D eigenvalue weighted by Gasteiger charge is 2.41. The van der Waals surface area contributed by atoms with E-state index in [2.05, 4.69) is 21.7 Å². The molecular formula is C19H23FN4O2. The number of aromatic nitrogens is 3. The standard InChI is InChI=1S/C19H23FN4O2/c1-2-3-17-21-22-18-10-14-6-7-15(11-23(17)18)24(14)19(25)12-26-16-8-4-13(20)5-9-16/h4-5,8-9,14-15H,2-3,6-7,10-12H2,1H3. The molecule has 3 heterocycles. The maximum absolute atomic E-state index is 13.0. The fraction of sp³-hybridized carbons (Fsp3) is 0.526. The topological polar surface area (TPSA) is 60.2 Å². The van der Waals surface area contributed by atoms with E-state index >= 15 is 0 Å². The van der Waals surface area contributed by atoms with Crippen LogP contribution in [0, 0.1) is 5.82 Å². The third-order valence-electron chi connectivity index (χ3n) is 5.27. The zero-order valence-electron chi connectivity index (χ0n) is 14.9. The van der Waals surface area contributed by atoms with E-state index < -0.39 is 0 Å². The first-order valence-corrected chi connectivity index (χ1v) is 9.26. The minimum absolute atomic E-state index is 0.0161. The van der Waals surface area contributed by atoms with E-state index in [0.717, 1.165) is 50.3 Å². The van der Waals surface area contributed by atoms with Gasteiger partial charge in [-0.3, -0.25) is 4.79 Å². The fourth-order valence-electron chi connectivity index (χ4n) is 4.06. The van der Waals surface area contributed by atoms with Gasteiger partial charge in [0.2, 0.25) is 0 Å². The summed E-state index contributed by atoms with van der Waals surface area (Å²) in [4.78, 5) is 14.8. The van der Waals surface area contributed by atoms with Crippen molar-refractivity contribution in [3.05, 3.63) is 41.7 Å². The van der Waals surface area contributed by atoms with Crippen molar-refractivity contribution < 1.29 is 13.9 Å². The van der Waals surface area contributed by atoms with E-state index in [-0.39, 0.29) is 30.4 Å². The molecule has 0 spiro atoms. The number of hydrogen-bond donors (Lipinski definition) is 0. The number of aryl methyl sites for hydroxylation is 1. The van der Waals surface area contributed by atoms with E-state index in [4.69, 9.17) is 4.74 Å². The first-order chi connectivity index (χ1) is 12.7. The van der Waals surface area contributed by atoms with Gasteiger partial charge >= 0.3 is 0 Å². The molecule has 26 heavy (non-hydrogen) atoms. The van der Waals surface area contributed by atoms with Gasteiger partial charge in [0.25, 0.3) is 5.91 Å². The molecule has 0 aliphatic carbocycles. The molecule has 0 N–H and O–H groups in total. The van der Waals surface area contributed by atoms with Crippen LogP contribution in [0.4, 0.5) is 4.39 Å². The summed E-state index contributed by atoms with van der Waals surface area (Å²) in [6, 6.07) is 6.06. The first-order valence-electron chi connectivity index (χ1n) is 9.26. The van der Waals surface area contributed by atoms with Crippen LogP contribution in [0.2, 0.25) is 0 Å². The Bertz CT molecular complexity index is 789. The average Bonchev–Trinajstić information content (AvgIpc) is 3.14. The van der Waals surface area contributed by atoms with Gasteiger partial charge in [0.1, 0.15) is 23.2 Å². The number of hydrogen-bond acceptors (Lipinski definition) is 4. The lowest BCUT2D eigenvalue weighted by molar-refractivity contribution is -0.136. The Morgan fingerprint density at radius 3 is 2.77 bits per heavy atom. The SMILES string of the molecule is CCCc1nnc2n1CC1CCC(C2)N1C(=O)COc1ccc(F)cc1. The Kier molecular flexibility index (Phi) is 4.61. The average molecular weight is 358 g/mol. The molecule has 2 aliphatic rings. The van der Waals surface area contributed by atoms with Crippen LogP contribution in [0.5, 0.6) is 5.75 Å². The van der Waals surface area contributed by atoms with Gasteiger partial charge in [-0.25, -0.2) is 4.39 Å². The second-order valence-corrected chi connectivity index (χ2v) is 7.03. The largest absolute Gasteiger partial charge is 0.484 e. The molecule has 2 unspecified atom stereocenters. The lowest BCUT2D eigenvalue weighted by Gasteiger charge is -2.28. The Morgan fingerprint density at radius 2 is 2.00 bits per heavy atom. The summed E-state index contributed by atoms with van der Waals surface area (Å²) in [7, 11) is 0. The van der Waals surface area contributed by atoms with E-state index in [1.165, 1.54) is 24.3 Å². The molecular weight excluding hydrogens is 335 g/mol. The van der Waals surface area contributed by atoms with Crippen LogP contribution in [0.25, 0.3) is 0 Å². The van der Waals surface area contributed by atoms with Crippen LogP contribution in [0.1, 0.15) is 37.8 Å². The molecule has 2 aromatic rings. The number of halogens is 1. The molecule has 4 rings (SSSR count).